The molecule has 2 aromatic rings. The highest BCUT2D eigenvalue weighted by Gasteiger charge is 2.35. The highest BCUT2D eigenvalue weighted by atomic mass is 79.9. The second-order valence-electron chi connectivity index (χ2n) is 5.74. The molecule has 1 heterocycles. The average Bonchev–Trinajstić information content (AvgIpc) is 2.89. The van der Waals surface area contributed by atoms with E-state index >= 15 is 0 Å². The number of carbonyl (C=O) groups is 2. The topological polar surface area (TPSA) is 49.4 Å². The highest BCUT2D eigenvalue weighted by molar-refractivity contribution is 9.10. The van der Waals surface area contributed by atoms with Gasteiger partial charge < -0.3 is 10.2 Å². The molecule has 1 N–H and O–H groups in total. The molecule has 1 aliphatic heterocycles. The van der Waals surface area contributed by atoms with Gasteiger partial charge in [-0.25, -0.2) is 0 Å². The number of hydrogen-bond donors (Lipinski definition) is 1. The fourth-order valence-corrected chi connectivity index (χ4v) is 3.13. The molecule has 1 aliphatic rings. The smallest absolute Gasteiger partial charge is 0.229 e. The Kier molecular flexibility index (Phi) is 4.48. The van der Waals surface area contributed by atoms with E-state index in [1.807, 2.05) is 55.5 Å². The molecular weight excluding hydrogens is 356 g/mol. The van der Waals surface area contributed by atoms with Crippen LogP contribution in [0.5, 0.6) is 0 Å². The van der Waals surface area contributed by atoms with E-state index in [0.29, 0.717) is 6.54 Å². The molecule has 4 nitrogen and oxygen atoms in total. The molecule has 1 saturated heterocycles. The molecule has 2 amide bonds. The maximum absolute atomic E-state index is 12.4. The number of rotatable bonds is 3. The predicted octanol–water partition coefficient (Wildman–Crippen LogP) is 3.75. The molecule has 0 saturated carbocycles. The van der Waals surface area contributed by atoms with Gasteiger partial charge in [0.05, 0.1) is 5.92 Å². The SMILES string of the molecule is Cc1cccc(NC(=O)C2CC(=O)N(c3cccc(Br)c3)C2)c1. The maximum Gasteiger partial charge on any atom is 0.229 e. The summed E-state index contributed by atoms with van der Waals surface area (Å²) < 4.78 is 0.912. The Hall–Kier alpha value is -2.14. The summed E-state index contributed by atoms with van der Waals surface area (Å²) in [5.41, 5.74) is 2.67. The van der Waals surface area contributed by atoms with Crippen molar-refractivity contribution < 1.29 is 9.59 Å². The van der Waals surface area contributed by atoms with Crippen molar-refractivity contribution in [3.8, 4) is 0 Å². The number of carbonyl (C=O) groups excluding carboxylic acids is 2. The van der Waals surface area contributed by atoms with Crippen molar-refractivity contribution in [1.29, 1.82) is 0 Å². The first-order valence-electron chi connectivity index (χ1n) is 7.46. The zero-order chi connectivity index (χ0) is 16.4. The van der Waals surface area contributed by atoms with Gasteiger partial charge in [-0.05, 0) is 42.8 Å². The molecular formula is C18H17BrN2O2. The van der Waals surface area contributed by atoms with Crippen LogP contribution in [0.25, 0.3) is 0 Å². The summed E-state index contributed by atoms with van der Waals surface area (Å²) in [4.78, 5) is 26.3. The Balaban J connectivity index is 1.70. The van der Waals surface area contributed by atoms with Gasteiger partial charge in [0.15, 0.2) is 0 Å². The minimum atomic E-state index is -0.331. The number of aryl methyl sites for hydroxylation is 1. The number of nitrogens with zero attached hydrogens (tertiary/aromatic N) is 1. The molecule has 23 heavy (non-hydrogen) atoms. The van der Waals surface area contributed by atoms with Gasteiger partial charge in [-0.15, -0.1) is 0 Å². The molecule has 2 aromatic carbocycles. The molecule has 0 bridgehead atoms. The minimum Gasteiger partial charge on any atom is -0.326 e. The second-order valence-corrected chi connectivity index (χ2v) is 6.66. The molecule has 1 unspecified atom stereocenters. The van der Waals surface area contributed by atoms with Crippen molar-refractivity contribution in [1.82, 2.24) is 0 Å². The molecule has 0 aliphatic carbocycles. The molecule has 0 spiro atoms. The Bertz CT molecular complexity index is 760. The summed E-state index contributed by atoms with van der Waals surface area (Å²) in [6.07, 6.45) is 0.240. The summed E-state index contributed by atoms with van der Waals surface area (Å²) in [5.74, 6) is -0.462. The van der Waals surface area contributed by atoms with Crippen LogP contribution in [0, 0.1) is 12.8 Å². The van der Waals surface area contributed by atoms with Crippen LogP contribution in [-0.2, 0) is 9.59 Å². The molecule has 1 atom stereocenters. The van der Waals surface area contributed by atoms with Crippen LogP contribution < -0.4 is 10.2 Å². The van der Waals surface area contributed by atoms with Gasteiger partial charge in [0.2, 0.25) is 11.8 Å². The number of halogens is 1. The van der Waals surface area contributed by atoms with Crippen molar-refractivity contribution in [2.45, 2.75) is 13.3 Å². The van der Waals surface area contributed by atoms with Gasteiger partial charge in [0.25, 0.3) is 0 Å². The zero-order valence-corrected chi connectivity index (χ0v) is 14.3. The van der Waals surface area contributed by atoms with Crippen LogP contribution in [-0.4, -0.2) is 18.4 Å². The molecule has 1 fully saturated rings. The molecule has 5 heteroatoms. The van der Waals surface area contributed by atoms with Crippen LogP contribution in [0.1, 0.15) is 12.0 Å². The van der Waals surface area contributed by atoms with E-state index in [-0.39, 0.29) is 24.2 Å². The lowest BCUT2D eigenvalue weighted by atomic mass is 10.1. The van der Waals surface area contributed by atoms with Gasteiger partial charge in [0.1, 0.15) is 0 Å². The standard InChI is InChI=1S/C18H17BrN2O2/c1-12-4-2-6-15(8-12)20-18(23)13-9-17(22)21(11-13)16-7-3-5-14(19)10-16/h2-8,10,13H,9,11H2,1H3,(H,20,23). The van der Waals surface area contributed by atoms with Crippen LogP contribution in [0.4, 0.5) is 11.4 Å². The van der Waals surface area contributed by atoms with Crippen molar-refractivity contribution in [2.75, 3.05) is 16.8 Å². The number of anilines is 2. The molecule has 0 radical (unpaired) electrons. The Morgan fingerprint density at radius 1 is 1.22 bits per heavy atom. The second kappa shape index (κ2) is 6.54. The van der Waals surface area contributed by atoms with E-state index in [4.69, 9.17) is 0 Å². The summed E-state index contributed by atoms with van der Waals surface area (Å²) >= 11 is 3.41. The third kappa shape index (κ3) is 3.62. The van der Waals surface area contributed by atoms with Crippen molar-refractivity contribution in [3.63, 3.8) is 0 Å². The summed E-state index contributed by atoms with van der Waals surface area (Å²) in [6, 6.07) is 15.2. The van der Waals surface area contributed by atoms with Gasteiger partial charge in [0, 0.05) is 28.8 Å². The maximum atomic E-state index is 12.4. The van der Waals surface area contributed by atoms with E-state index in [0.717, 1.165) is 21.4 Å². The van der Waals surface area contributed by atoms with E-state index in [9.17, 15) is 9.59 Å². The van der Waals surface area contributed by atoms with Gasteiger partial charge in [-0.2, -0.15) is 0 Å². The summed E-state index contributed by atoms with van der Waals surface area (Å²) in [5, 5.41) is 2.90. The third-order valence-corrected chi connectivity index (χ3v) is 4.39. The lowest BCUT2D eigenvalue weighted by Crippen LogP contribution is -2.28. The molecule has 118 valence electrons. The monoisotopic (exact) mass is 372 g/mol. The third-order valence-electron chi connectivity index (χ3n) is 3.90. The fraction of sp³-hybridized carbons (Fsp3) is 0.222. The average molecular weight is 373 g/mol. The summed E-state index contributed by atoms with van der Waals surface area (Å²) in [6.45, 7) is 2.39. The molecule has 3 rings (SSSR count). The Labute approximate surface area is 143 Å². The number of benzene rings is 2. The van der Waals surface area contributed by atoms with E-state index in [1.54, 1.807) is 4.90 Å². The van der Waals surface area contributed by atoms with Crippen LogP contribution in [0.15, 0.2) is 53.0 Å². The lowest BCUT2D eigenvalue weighted by Gasteiger charge is -2.17. The van der Waals surface area contributed by atoms with E-state index < -0.39 is 0 Å². The van der Waals surface area contributed by atoms with Crippen LogP contribution in [0.2, 0.25) is 0 Å². The number of nitrogens with one attached hydrogen (secondary N) is 1. The quantitative estimate of drug-likeness (QED) is 0.891. The molecule has 0 aromatic heterocycles. The normalized spacial score (nSPS) is 17.4. The Morgan fingerprint density at radius 3 is 2.74 bits per heavy atom. The minimum absolute atomic E-state index is 0.0208. The van der Waals surface area contributed by atoms with E-state index in [1.165, 1.54) is 0 Å². The van der Waals surface area contributed by atoms with Crippen LogP contribution in [0.3, 0.4) is 0 Å². The largest absolute Gasteiger partial charge is 0.326 e. The zero-order valence-electron chi connectivity index (χ0n) is 12.8. The van der Waals surface area contributed by atoms with Crippen LogP contribution >= 0.6 is 15.9 Å². The summed E-state index contributed by atoms with van der Waals surface area (Å²) in [7, 11) is 0. The first kappa shape index (κ1) is 15.7. The first-order chi connectivity index (χ1) is 11.0. The lowest BCUT2D eigenvalue weighted by molar-refractivity contribution is -0.122. The fourth-order valence-electron chi connectivity index (χ4n) is 2.74. The number of amides is 2. The number of hydrogen-bond acceptors (Lipinski definition) is 2. The van der Waals surface area contributed by atoms with Gasteiger partial charge in [-0.3, -0.25) is 9.59 Å². The van der Waals surface area contributed by atoms with Gasteiger partial charge in [-0.1, -0.05) is 34.1 Å². The van der Waals surface area contributed by atoms with Gasteiger partial charge >= 0.3 is 0 Å². The van der Waals surface area contributed by atoms with Crippen molar-refractivity contribution in [3.05, 3.63) is 58.6 Å². The highest BCUT2D eigenvalue weighted by Crippen LogP contribution is 2.28. The van der Waals surface area contributed by atoms with Crippen molar-refractivity contribution >= 4 is 39.1 Å². The Morgan fingerprint density at radius 2 is 2.00 bits per heavy atom. The van der Waals surface area contributed by atoms with Crippen molar-refractivity contribution in [2.24, 2.45) is 5.92 Å². The van der Waals surface area contributed by atoms with E-state index in [2.05, 4.69) is 21.2 Å². The first-order valence-corrected chi connectivity index (χ1v) is 8.26. The predicted molar refractivity (Wildman–Crippen MR) is 94.4 cm³/mol.